The fourth-order valence-corrected chi connectivity index (χ4v) is 3.07. The first-order valence-electron chi connectivity index (χ1n) is 7.33. The van der Waals surface area contributed by atoms with Crippen LogP contribution in [0.5, 0.6) is 0 Å². The summed E-state index contributed by atoms with van der Waals surface area (Å²) >= 11 is -0.987. The van der Waals surface area contributed by atoms with E-state index in [4.69, 9.17) is 4.42 Å². The van der Waals surface area contributed by atoms with Crippen molar-refractivity contribution in [3.63, 3.8) is 0 Å². The summed E-state index contributed by atoms with van der Waals surface area (Å²) in [5.41, 5.74) is 3.59. The molecule has 0 aliphatic heterocycles. The molecular weight excluding hydrogens is 324 g/mol. The summed E-state index contributed by atoms with van der Waals surface area (Å²) in [6, 6.07) is 11.5. The quantitative estimate of drug-likeness (QED) is 0.536. The fourth-order valence-electron chi connectivity index (χ4n) is 2.55. The SMILES string of the molecule is Cc1nnc(-c2ccc3ncc(-c4ccc([S+](C)[O-])cc4)n3c2)o1. The number of hydrogen-bond donors (Lipinski definition) is 0. The summed E-state index contributed by atoms with van der Waals surface area (Å²) in [5.74, 6) is 1.00. The van der Waals surface area contributed by atoms with Gasteiger partial charge in [-0.25, -0.2) is 4.98 Å². The number of nitrogens with zero attached hydrogens (tertiary/aromatic N) is 4. The molecule has 0 radical (unpaired) electrons. The summed E-state index contributed by atoms with van der Waals surface area (Å²) in [6.07, 6.45) is 5.41. The molecule has 0 amide bonds. The molecule has 0 aliphatic carbocycles. The molecule has 0 aliphatic rings. The lowest BCUT2D eigenvalue weighted by Crippen LogP contribution is -1.96. The second-order valence-electron chi connectivity index (χ2n) is 5.39. The van der Waals surface area contributed by atoms with Gasteiger partial charge < -0.3 is 8.97 Å². The third kappa shape index (κ3) is 2.57. The van der Waals surface area contributed by atoms with Crippen molar-refractivity contribution in [2.75, 3.05) is 6.26 Å². The van der Waals surface area contributed by atoms with Crippen LogP contribution in [0.4, 0.5) is 0 Å². The molecule has 4 rings (SSSR count). The number of benzene rings is 1. The number of hydrogen-bond acceptors (Lipinski definition) is 5. The van der Waals surface area contributed by atoms with E-state index in [1.807, 2.05) is 53.2 Å². The Morgan fingerprint density at radius 2 is 1.79 bits per heavy atom. The van der Waals surface area contributed by atoms with E-state index in [1.165, 1.54) is 0 Å². The summed E-state index contributed by atoms with van der Waals surface area (Å²) in [6.45, 7) is 1.76. The zero-order chi connectivity index (χ0) is 16.7. The summed E-state index contributed by atoms with van der Waals surface area (Å²) in [5, 5.41) is 7.92. The Hall–Kier alpha value is -2.64. The maximum absolute atomic E-state index is 11.5. The van der Waals surface area contributed by atoms with Crippen molar-refractivity contribution in [3.8, 4) is 22.7 Å². The summed E-state index contributed by atoms with van der Waals surface area (Å²) in [7, 11) is 0. The van der Waals surface area contributed by atoms with Crippen LogP contribution in [0.25, 0.3) is 28.4 Å². The molecule has 4 aromatic rings. The van der Waals surface area contributed by atoms with Gasteiger partial charge in [-0.15, -0.1) is 10.2 Å². The van der Waals surface area contributed by atoms with Gasteiger partial charge in [0.15, 0.2) is 4.90 Å². The van der Waals surface area contributed by atoms with E-state index in [9.17, 15) is 4.55 Å². The third-order valence-corrected chi connectivity index (χ3v) is 4.70. The van der Waals surface area contributed by atoms with Crippen molar-refractivity contribution in [2.24, 2.45) is 0 Å². The van der Waals surface area contributed by atoms with E-state index in [0.717, 1.165) is 27.4 Å². The first-order valence-corrected chi connectivity index (χ1v) is 8.89. The lowest BCUT2D eigenvalue weighted by molar-refractivity contribution is 0.532. The highest BCUT2D eigenvalue weighted by Crippen LogP contribution is 2.25. The van der Waals surface area contributed by atoms with E-state index in [1.54, 1.807) is 13.2 Å². The van der Waals surface area contributed by atoms with Crippen LogP contribution in [0.1, 0.15) is 5.89 Å². The fraction of sp³-hybridized carbons (Fsp3) is 0.118. The highest BCUT2D eigenvalue weighted by Gasteiger charge is 2.11. The maximum Gasteiger partial charge on any atom is 0.249 e. The molecule has 1 atom stereocenters. The van der Waals surface area contributed by atoms with Crippen LogP contribution >= 0.6 is 0 Å². The Morgan fingerprint density at radius 1 is 1.04 bits per heavy atom. The van der Waals surface area contributed by atoms with E-state index in [2.05, 4.69) is 15.2 Å². The molecule has 1 aromatic carbocycles. The molecule has 3 heterocycles. The topological polar surface area (TPSA) is 79.3 Å². The molecule has 3 aromatic heterocycles. The molecule has 0 saturated carbocycles. The predicted molar refractivity (Wildman–Crippen MR) is 91.0 cm³/mol. The number of fused-ring (bicyclic) bond motifs is 1. The minimum Gasteiger partial charge on any atom is -0.612 e. The molecule has 1 unspecified atom stereocenters. The Balaban J connectivity index is 1.81. The van der Waals surface area contributed by atoms with Gasteiger partial charge in [0.1, 0.15) is 11.9 Å². The van der Waals surface area contributed by atoms with Crippen LogP contribution < -0.4 is 0 Å². The van der Waals surface area contributed by atoms with Crippen molar-refractivity contribution < 1.29 is 8.97 Å². The minimum absolute atomic E-state index is 0.478. The van der Waals surface area contributed by atoms with E-state index < -0.39 is 11.2 Å². The standard InChI is InChI=1S/C17H14N4O2S/c1-11-19-20-17(23-11)13-5-8-16-18-9-15(21(16)10-13)12-3-6-14(7-4-12)24(2)22/h3-10H,1-2H3. The van der Waals surface area contributed by atoms with Crippen molar-refractivity contribution in [1.82, 2.24) is 19.6 Å². The smallest absolute Gasteiger partial charge is 0.249 e. The van der Waals surface area contributed by atoms with Gasteiger partial charge >= 0.3 is 0 Å². The molecule has 0 bridgehead atoms. The molecule has 0 fully saturated rings. The highest BCUT2D eigenvalue weighted by molar-refractivity contribution is 7.90. The van der Waals surface area contributed by atoms with Crippen molar-refractivity contribution in [1.29, 1.82) is 0 Å². The van der Waals surface area contributed by atoms with Gasteiger partial charge in [-0.2, -0.15) is 0 Å². The van der Waals surface area contributed by atoms with E-state index >= 15 is 0 Å². The molecule has 0 saturated heterocycles. The zero-order valence-corrected chi connectivity index (χ0v) is 13.9. The molecule has 120 valence electrons. The number of aryl methyl sites for hydroxylation is 1. The van der Waals surface area contributed by atoms with E-state index in [0.29, 0.717) is 11.8 Å². The molecular formula is C17H14N4O2S. The van der Waals surface area contributed by atoms with Gasteiger partial charge in [0.05, 0.1) is 17.5 Å². The predicted octanol–water partition coefficient (Wildman–Crippen LogP) is 3.10. The largest absolute Gasteiger partial charge is 0.612 e. The first-order chi connectivity index (χ1) is 11.6. The highest BCUT2D eigenvalue weighted by atomic mass is 32.2. The zero-order valence-electron chi connectivity index (χ0n) is 13.1. The van der Waals surface area contributed by atoms with Crippen molar-refractivity contribution in [3.05, 3.63) is 54.7 Å². The minimum atomic E-state index is -0.987. The van der Waals surface area contributed by atoms with Crippen LogP contribution in [0.2, 0.25) is 0 Å². The van der Waals surface area contributed by atoms with Gasteiger partial charge in [0, 0.05) is 18.7 Å². The molecule has 0 spiro atoms. The number of pyridine rings is 1. The van der Waals surface area contributed by atoms with Crippen LogP contribution in [0, 0.1) is 6.92 Å². The van der Waals surface area contributed by atoms with Crippen LogP contribution in [0.3, 0.4) is 0 Å². The average Bonchev–Trinajstić information content (AvgIpc) is 3.20. The lowest BCUT2D eigenvalue weighted by Gasteiger charge is -2.06. The second-order valence-corrected chi connectivity index (χ2v) is 6.77. The molecule has 0 N–H and O–H groups in total. The molecule has 7 heteroatoms. The molecule has 24 heavy (non-hydrogen) atoms. The lowest BCUT2D eigenvalue weighted by atomic mass is 10.1. The van der Waals surface area contributed by atoms with Crippen molar-refractivity contribution >= 4 is 16.8 Å². The van der Waals surface area contributed by atoms with Crippen molar-refractivity contribution in [2.45, 2.75) is 11.8 Å². The first kappa shape index (κ1) is 14.9. The van der Waals surface area contributed by atoms with Crippen LogP contribution in [-0.4, -0.2) is 30.4 Å². The normalized spacial score (nSPS) is 12.6. The Bertz CT molecular complexity index is 1010. The Morgan fingerprint density at radius 3 is 2.46 bits per heavy atom. The van der Waals surface area contributed by atoms with Gasteiger partial charge in [0.2, 0.25) is 11.8 Å². The third-order valence-electron chi connectivity index (χ3n) is 3.76. The Kier molecular flexibility index (Phi) is 3.59. The van der Waals surface area contributed by atoms with Gasteiger partial charge in [-0.3, -0.25) is 4.40 Å². The van der Waals surface area contributed by atoms with Crippen LogP contribution in [-0.2, 0) is 11.2 Å². The maximum atomic E-state index is 11.5. The number of imidazole rings is 1. The monoisotopic (exact) mass is 338 g/mol. The van der Waals surface area contributed by atoms with Crippen LogP contribution in [0.15, 0.2) is 58.1 Å². The Labute approximate surface area is 141 Å². The summed E-state index contributed by atoms with van der Waals surface area (Å²) in [4.78, 5) is 5.23. The molecule has 6 nitrogen and oxygen atoms in total. The van der Waals surface area contributed by atoms with Gasteiger partial charge in [-0.1, -0.05) is 0 Å². The average molecular weight is 338 g/mol. The summed E-state index contributed by atoms with van der Waals surface area (Å²) < 4.78 is 19.0. The van der Waals surface area contributed by atoms with Gasteiger partial charge in [0.25, 0.3) is 0 Å². The number of rotatable bonds is 3. The van der Waals surface area contributed by atoms with Gasteiger partial charge in [-0.05, 0) is 47.6 Å². The second kappa shape index (κ2) is 5.77. The number of aromatic nitrogens is 4. The van der Waals surface area contributed by atoms with E-state index in [-0.39, 0.29) is 0 Å².